The summed E-state index contributed by atoms with van der Waals surface area (Å²) in [6.07, 6.45) is 0. The second-order valence-electron chi connectivity index (χ2n) is 6.31. The normalized spacial score (nSPS) is 13.8. The van der Waals surface area contributed by atoms with Crippen molar-refractivity contribution in [2.45, 2.75) is 46.2 Å². The first-order valence-corrected chi connectivity index (χ1v) is 6.83. The van der Waals surface area contributed by atoms with Gasteiger partial charge >= 0.3 is 0 Å². The first-order chi connectivity index (χ1) is 9.09. The molecule has 0 bridgehead atoms. The largest absolute Gasteiger partial charge is 0.497 e. The molecule has 0 aliphatic rings. The molecular weight excluding hydrogens is 252 g/mol. The molecule has 1 aromatic rings. The van der Waals surface area contributed by atoms with E-state index in [-0.39, 0.29) is 11.9 Å². The van der Waals surface area contributed by atoms with Crippen LogP contribution in [0.15, 0.2) is 24.3 Å². The van der Waals surface area contributed by atoms with Crippen LogP contribution in [-0.2, 0) is 4.79 Å². The summed E-state index contributed by atoms with van der Waals surface area (Å²) in [4.78, 5) is 12.4. The minimum absolute atomic E-state index is 0.0479. The van der Waals surface area contributed by atoms with Crippen molar-refractivity contribution in [3.63, 3.8) is 0 Å². The number of ether oxygens (including phenoxy) is 1. The van der Waals surface area contributed by atoms with Crippen molar-refractivity contribution >= 4 is 5.91 Å². The molecule has 4 heteroatoms. The maximum atomic E-state index is 12.4. The lowest BCUT2D eigenvalue weighted by atomic mass is 9.74. The number of nitrogens with one attached hydrogen (secondary N) is 1. The number of carbonyl (C=O) groups excluding carboxylic acids is 1. The number of hydrogen-bond acceptors (Lipinski definition) is 3. The fourth-order valence-electron chi connectivity index (χ4n) is 1.65. The van der Waals surface area contributed by atoms with Gasteiger partial charge < -0.3 is 15.8 Å². The molecule has 0 aromatic heterocycles. The number of amides is 1. The van der Waals surface area contributed by atoms with Crippen molar-refractivity contribution in [2.24, 2.45) is 11.1 Å². The van der Waals surface area contributed by atoms with E-state index >= 15 is 0 Å². The number of benzene rings is 1. The lowest BCUT2D eigenvalue weighted by Gasteiger charge is -2.37. The first-order valence-electron chi connectivity index (χ1n) is 6.83. The Morgan fingerprint density at radius 3 is 2.10 bits per heavy atom. The molecule has 0 saturated carbocycles. The molecule has 0 saturated heterocycles. The van der Waals surface area contributed by atoms with E-state index in [1.165, 1.54) is 0 Å². The van der Waals surface area contributed by atoms with Crippen LogP contribution in [0.25, 0.3) is 0 Å². The standard InChI is InChI=1S/C16H26N2O2/c1-11(12-7-9-13(20-6)10-8-12)18-14(19)15(2,3)16(4,5)17/h7-11H,17H2,1-6H3,(H,18,19)/t11-/m0/s1. The van der Waals surface area contributed by atoms with Crippen molar-refractivity contribution in [1.29, 1.82) is 0 Å². The molecule has 3 N–H and O–H groups in total. The van der Waals surface area contributed by atoms with Gasteiger partial charge in [-0.1, -0.05) is 12.1 Å². The predicted molar refractivity (Wildman–Crippen MR) is 81.6 cm³/mol. The van der Waals surface area contributed by atoms with Crippen molar-refractivity contribution in [3.05, 3.63) is 29.8 Å². The van der Waals surface area contributed by atoms with Crippen LogP contribution in [0.3, 0.4) is 0 Å². The summed E-state index contributed by atoms with van der Waals surface area (Å²) in [6.45, 7) is 9.42. The number of carbonyl (C=O) groups is 1. The maximum absolute atomic E-state index is 12.4. The van der Waals surface area contributed by atoms with E-state index in [4.69, 9.17) is 10.5 Å². The third kappa shape index (κ3) is 3.51. The van der Waals surface area contributed by atoms with E-state index < -0.39 is 11.0 Å². The van der Waals surface area contributed by atoms with Gasteiger partial charge in [-0.05, 0) is 52.3 Å². The van der Waals surface area contributed by atoms with E-state index in [1.807, 2.05) is 58.9 Å². The topological polar surface area (TPSA) is 64.3 Å². The molecule has 112 valence electrons. The Hall–Kier alpha value is -1.55. The van der Waals surface area contributed by atoms with E-state index in [0.717, 1.165) is 11.3 Å². The Kier molecular flexibility index (Phi) is 4.81. The zero-order valence-corrected chi connectivity index (χ0v) is 13.3. The average Bonchev–Trinajstić information content (AvgIpc) is 2.37. The quantitative estimate of drug-likeness (QED) is 0.870. The lowest BCUT2D eigenvalue weighted by molar-refractivity contribution is -0.132. The van der Waals surface area contributed by atoms with Gasteiger partial charge in [-0.2, -0.15) is 0 Å². The van der Waals surface area contributed by atoms with Gasteiger partial charge in [0.1, 0.15) is 5.75 Å². The molecule has 1 aromatic carbocycles. The third-order valence-electron chi connectivity index (χ3n) is 4.14. The van der Waals surface area contributed by atoms with E-state index in [9.17, 15) is 4.79 Å². The SMILES string of the molecule is COc1ccc([C@H](C)NC(=O)C(C)(C)C(C)(C)N)cc1. The van der Waals surface area contributed by atoms with E-state index in [2.05, 4.69) is 5.32 Å². The third-order valence-corrected chi connectivity index (χ3v) is 4.14. The average molecular weight is 278 g/mol. The van der Waals surface area contributed by atoms with Gasteiger partial charge in [0.2, 0.25) is 5.91 Å². The van der Waals surface area contributed by atoms with Crippen LogP contribution in [0.4, 0.5) is 0 Å². The maximum Gasteiger partial charge on any atom is 0.227 e. The zero-order chi connectivity index (χ0) is 15.6. The monoisotopic (exact) mass is 278 g/mol. The number of rotatable bonds is 5. The van der Waals surface area contributed by atoms with Gasteiger partial charge in [-0.15, -0.1) is 0 Å². The van der Waals surface area contributed by atoms with Gasteiger partial charge in [-0.25, -0.2) is 0 Å². The smallest absolute Gasteiger partial charge is 0.227 e. The Morgan fingerprint density at radius 1 is 1.20 bits per heavy atom. The number of methoxy groups -OCH3 is 1. The van der Waals surface area contributed by atoms with Crippen molar-refractivity contribution in [2.75, 3.05) is 7.11 Å². The van der Waals surface area contributed by atoms with Crippen LogP contribution >= 0.6 is 0 Å². The molecular formula is C16H26N2O2. The molecule has 0 fully saturated rings. The van der Waals surface area contributed by atoms with Crippen molar-refractivity contribution in [3.8, 4) is 5.75 Å². The van der Waals surface area contributed by atoms with E-state index in [1.54, 1.807) is 7.11 Å². The molecule has 0 aliphatic heterocycles. The number of nitrogens with two attached hydrogens (primary N) is 1. The molecule has 1 rings (SSSR count). The fourth-order valence-corrected chi connectivity index (χ4v) is 1.65. The predicted octanol–water partition coefficient (Wildman–Crippen LogP) is 2.64. The minimum Gasteiger partial charge on any atom is -0.497 e. The second-order valence-corrected chi connectivity index (χ2v) is 6.31. The van der Waals surface area contributed by atoms with Gasteiger partial charge in [0.15, 0.2) is 0 Å². The lowest BCUT2D eigenvalue weighted by Crippen LogP contribution is -2.55. The van der Waals surface area contributed by atoms with Crippen molar-refractivity contribution < 1.29 is 9.53 Å². The Labute approximate surface area is 121 Å². The van der Waals surface area contributed by atoms with Crippen LogP contribution in [-0.4, -0.2) is 18.6 Å². The molecule has 4 nitrogen and oxygen atoms in total. The highest BCUT2D eigenvalue weighted by atomic mass is 16.5. The van der Waals surface area contributed by atoms with Crippen LogP contribution < -0.4 is 15.8 Å². The van der Waals surface area contributed by atoms with Gasteiger partial charge in [-0.3, -0.25) is 4.79 Å². The Bertz CT molecular complexity index is 458. The molecule has 0 heterocycles. The van der Waals surface area contributed by atoms with Gasteiger partial charge in [0, 0.05) is 5.54 Å². The summed E-state index contributed by atoms with van der Waals surface area (Å²) in [5, 5.41) is 3.02. The molecule has 20 heavy (non-hydrogen) atoms. The highest BCUT2D eigenvalue weighted by Gasteiger charge is 2.40. The Balaban J connectivity index is 2.79. The zero-order valence-electron chi connectivity index (χ0n) is 13.3. The van der Waals surface area contributed by atoms with Gasteiger partial charge in [0.25, 0.3) is 0 Å². The summed E-state index contributed by atoms with van der Waals surface area (Å²) in [5.74, 6) is 0.754. The van der Waals surface area contributed by atoms with Crippen LogP contribution in [0.1, 0.15) is 46.2 Å². The van der Waals surface area contributed by atoms with Crippen LogP contribution in [0.5, 0.6) is 5.75 Å². The summed E-state index contributed by atoms with van der Waals surface area (Å²) < 4.78 is 5.13. The molecule has 1 amide bonds. The Morgan fingerprint density at radius 2 is 1.70 bits per heavy atom. The molecule has 0 aliphatic carbocycles. The molecule has 0 unspecified atom stereocenters. The highest BCUT2D eigenvalue weighted by Crippen LogP contribution is 2.29. The highest BCUT2D eigenvalue weighted by molar-refractivity contribution is 5.83. The van der Waals surface area contributed by atoms with Crippen LogP contribution in [0, 0.1) is 5.41 Å². The summed E-state index contributed by atoms with van der Waals surface area (Å²) in [5.41, 5.74) is 5.89. The van der Waals surface area contributed by atoms with Gasteiger partial charge in [0.05, 0.1) is 18.6 Å². The van der Waals surface area contributed by atoms with Crippen molar-refractivity contribution in [1.82, 2.24) is 5.32 Å². The van der Waals surface area contributed by atoms with E-state index in [0.29, 0.717) is 0 Å². The second kappa shape index (κ2) is 5.83. The summed E-state index contributed by atoms with van der Waals surface area (Å²) in [7, 11) is 1.63. The summed E-state index contributed by atoms with van der Waals surface area (Å²) >= 11 is 0. The molecule has 0 spiro atoms. The summed E-state index contributed by atoms with van der Waals surface area (Å²) in [6, 6.07) is 7.59. The number of hydrogen-bond donors (Lipinski definition) is 2. The fraction of sp³-hybridized carbons (Fsp3) is 0.562. The first kappa shape index (κ1) is 16.5. The molecule has 0 radical (unpaired) electrons. The van der Waals surface area contributed by atoms with Crippen LogP contribution in [0.2, 0.25) is 0 Å². The molecule has 1 atom stereocenters. The minimum atomic E-state index is -0.645.